The van der Waals surface area contributed by atoms with Crippen LogP contribution in [0.15, 0.2) is 17.1 Å². The lowest BCUT2D eigenvalue weighted by molar-refractivity contribution is -0.122. The number of anilines is 1. The average Bonchev–Trinajstić information content (AvgIpc) is 3.23. The fraction of sp³-hybridized carbons (Fsp3) is 0.643. The summed E-state index contributed by atoms with van der Waals surface area (Å²) in [5.41, 5.74) is 0.418. The quantitative estimate of drug-likeness (QED) is 0.716. The number of carbonyl (C=O) groups is 1. The average molecular weight is 294 g/mol. The Balaban J connectivity index is 1.87. The summed E-state index contributed by atoms with van der Waals surface area (Å²) in [4.78, 5) is 23.7. The van der Waals surface area contributed by atoms with E-state index in [2.05, 4.69) is 15.7 Å². The Bertz CT molecular complexity index is 539. The van der Waals surface area contributed by atoms with Gasteiger partial charge in [0.25, 0.3) is 5.56 Å². The molecule has 1 amide bonds. The second-order valence-corrected chi connectivity index (χ2v) is 5.49. The maximum Gasteiger partial charge on any atom is 0.269 e. The van der Waals surface area contributed by atoms with Gasteiger partial charge in [0.05, 0.1) is 18.5 Å². The van der Waals surface area contributed by atoms with Crippen molar-refractivity contribution >= 4 is 11.6 Å². The molecule has 1 saturated carbocycles. The van der Waals surface area contributed by atoms with E-state index in [1.165, 1.54) is 18.9 Å². The first kappa shape index (κ1) is 15.5. The predicted octanol–water partition coefficient (Wildman–Crippen LogP) is 0.216. The molecule has 0 spiro atoms. The summed E-state index contributed by atoms with van der Waals surface area (Å²) in [6.45, 7) is 3.05. The third-order valence-corrected chi connectivity index (χ3v) is 3.28. The summed E-state index contributed by atoms with van der Waals surface area (Å²) in [6.07, 6.45) is 4.07. The van der Waals surface area contributed by atoms with Gasteiger partial charge >= 0.3 is 0 Å². The maximum atomic E-state index is 11.9. The number of amides is 1. The SMILES string of the molecule is COCC(C)NC(=O)Cn1ncc(NCC2CC2)cc1=O. The number of rotatable bonds is 8. The minimum atomic E-state index is -0.287. The highest BCUT2D eigenvalue weighted by molar-refractivity contribution is 5.75. The van der Waals surface area contributed by atoms with E-state index < -0.39 is 0 Å². The van der Waals surface area contributed by atoms with Gasteiger partial charge in [-0.15, -0.1) is 0 Å². The molecule has 1 aromatic rings. The van der Waals surface area contributed by atoms with E-state index >= 15 is 0 Å². The summed E-state index contributed by atoms with van der Waals surface area (Å²) < 4.78 is 6.09. The molecule has 2 N–H and O–H groups in total. The van der Waals surface area contributed by atoms with Gasteiger partial charge in [0.1, 0.15) is 6.54 Å². The summed E-state index contributed by atoms with van der Waals surface area (Å²) >= 11 is 0. The molecule has 0 aliphatic heterocycles. The van der Waals surface area contributed by atoms with Crippen LogP contribution in [0.4, 0.5) is 5.69 Å². The van der Waals surface area contributed by atoms with E-state index in [0.29, 0.717) is 12.3 Å². The molecule has 1 fully saturated rings. The first-order valence-electron chi connectivity index (χ1n) is 7.18. The van der Waals surface area contributed by atoms with E-state index in [-0.39, 0.29) is 24.1 Å². The lowest BCUT2D eigenvalue weighted by Crippen LogP contribution is -2.40. The van der Waals surface area contributed by atoms with Gasteiger partial charge in [-0.25, -0.2) is 4.68 Å². The Morgan fingerprint density at radius 1 is 1.57 bits per heavy atom. The molecule has 2 rings (SSSR count). The van der Waals surface area contributed by atoms with Crippen molar-refractivity contribution in [3.8, 4) is 0 Å². The molecule has 7 nitrogen and oxygen atoms in total. The molecule has 0 radical (unpaired) electrons. The van der Waals surface area contributed by atoms with Crippen LogP contribution in [-0.2, 0) is 16.1 Å². The zero-order valence-corrected chi connectivity index (χ0v) is 12.5. The zero-order chi connectivity index (χ0) is 15.2. The summed E-state index contributed by atoms with van der Waals surface area (Å²) in [7, 11) is 1.57. The van der Waals surface area contributed by atoms with Crippen molar-refractivity contribution in [2.24, 2.45) is 5.92 Å². The van der Waals surface area contributed by atoms with Gasteiger partial charge in [0.2, 0.25) is 5.91 Å². The van der Waals surface area contributed by atoms with Crippen LogP contribution in [0, 0.1) is 5.92 Å². The van der Waals surface area contributed by atoms with Crippen LogP contribution in [0.25, 0.3) is 0 Å². The Labute approximate surface area is 123 Å². The first-order valence-corrected chi connectivity index (χ1v) is 7.18. The number of ether oxygens (including phenoxy) is 1. The van der Waals surface area contributed by atoms with Gasteiger partial charge in [0.15, 0.2) is 0 Å². The second-order valence-electron chi connectivity index (χ2n) is 5.49. The van der Waals surface area contributed by atoms with Crippen molar-refractivity contribution < 1.29 is 9.53 Å². The largest absolute Gasteiger partial charge is 0.383 e. The number of nitrogens with zero attached hydrogens (tertiary/aromatic N) is 2. The summed E-state index contributed by atoms with van der Waals surface area (Å²) in [5.74, 6) is 0.466. The highest BCUT2D eigenvalue weighted by atomic mass is 16.5. The lowest BCUT2D eigenvalue weighted by Gasteiger charge is -2.13. The minimum Gasteiger partial charge on any atom is -0.383 e. The van der Waals surface area contributed by atoms with Gasteiger partial charge in [0, 0.05) is 25.8 Å². The molecule has 1 aliphatic carbocycles. The van der Waals surface area contributed by atoms with E-state index in [1.807, 2.05) is 6.92 Å². The fourth-order valence-electron chi connectivity index (χ4n) is 1.98. The van der Waals surface area contributed by atoms with Gasteiger partial charge in [-0.2, -0.15) is 5.10 Å². The standard InChI is InChI=1S/C14H22N4O3/c1-10(9-21-2)17-13(19)8-18-14(20)5-12(7-16-18)15-6-11-3-4-11/h5,7,10-11,15H,3-4,6,8-9H2,1-2H3,(H,17,19). The Hall–Kier alpha value is -1.89. The van der Waals surface area contributed by atoms with Crippen molar-refractivity contribution in [2.45, 2.75) is 32.4 Å². The van der Waals surface area contributed by atoms with Gasteiger partial charge < -0.3 is 15.4 Å². The van der Waals surface area contributed by atoms with Gasteiger partial charge in [-0.1, -0.05) is 0 Å². The van der Waals surface area contributed by atoms with Crippen molar-refractivity contribution in [1.29, 1.82) is 0 Å². The van der Waals surface area contributed by atoms with Gasteiger partial charge in [-0.3, -0.25) is 9.59 Å². The monoisotopic (exact) mass is 294 g/mol. The Morgan fingerprint density at radius 2 is 2.33 bits per heavy atom. The molecule has 116 valence electrons. The molecular formula is C14H22N4O3. The van der Waals surface area contributed by atoms with E-state index in [1.54, 1.807) is 13.3 Å². The van der Waals surface area contributed by atoms with Crippen LogP contribution in [-0.4, -0.2) is 42.0 Å². The van der Waals surface area contributed by atoms with Crippen LogP contribution in [0.1, 0.15) is 19.8 Å². The molecular weight excluding hydrogens is 272 g/mol. The highest BCUT2D eigenvalue weighted by Crippen LogP contribution is 2.28. The topological polar surface area (TPSA) is 85.2 Å². The zero-order valence-electron chi connectivity index (χ0n) is 12.5. The van der Waals surface area contributed by atoms with Crippen LogP contribution < -0.4 is 16.2 Å². The summed E-state index contributed by atoms with van der Waals surface area (Å²) in [5, 5.41) is 9.94. The van der Waals surface area contributed by atoms with E-state index in [0.717, 1.165) is 17.1 Å². The fourth-order valence-corrected chi connectivity index (χ4v) is 1.98. The van der Waals surface area contributed by atoms with Crippen molar-refractivity contribution in [3.05, 3.63) is 22.6 Å². The maximum absolute atomic E-state index is 11.9. The normalized spacial score (nSPS) is 15.5. The first-order chi connectivity index (χ1) is 10.1. The second kappa shape index (κ2) is 7.21. The van der Waals surface area contributed by atoms with E-state index in [9.17, 15) is 9.59 Å². The minimum absolute atomic E-state index is 0.0875. The van der Waals surface area contributed by atoms with Crippen LogP contribution in [0.5, 0.6) is 0 Å². The molecule has 1 aromatic heterocycles. The number of aromatic nitrogens is 2. The number of hydrogen-bond donors (Lipinski definition) is 2. The Morgan fingerprint density at radius 3 is 2.95 bits per heavy atom. The molecule has 1 heterocycles. The predicted molar refractivity (Wildman–Crippen MR) is 79.2 cm³/mol. The lowest BCUT2D eigenvalue weighted by atomic mass is 10.3. The molecule has 1 atom stereocenters. The molecule has 1 aliphatic rings. The third kappa shape index (κ3) is 5.18. The third-order valence-electron chi connectivity index (χ3n) is 3.28. The number of nitrogens with one attached hydrogen (secondary N) is 2. The molecule has 1 unspecified atom stereocenters. The highest BCUT2D eigenvalue weighted by Gasteiger charge is 2.20. The van der Waals surface area contributed by atoms with E-state index in [4.69, 9.17) is 4.74 Å². The number of methoxy groups -OCH3 is 1. The molecule has 7 heteroatoms. The molecule has 0 bridgehead atoms. The van der Waals surface area contributed by atoms with Crippen molar-refractivity contribution in [1.82, 2.24) is 15.1 Å². The molecule has 0 saturated heterocycles. The number of hydrogen-bond acceptors (Lipinski definition) is 5. The van der Waals surface area contributed by atoms with Gasteiger partial charge in [-0.05, 0) is 25.7 Å². The van der Waals surface area contributed by atoms with Crippen molar-refractivity contribution in [2.75, 3.05) is 25.6 Å². The smallest absolute Gasteiger partial charge is 0.269 e. The van der Waals surface area contributed by atoms with Crippen LogP contribution >= 0.6 is 0 Å². The van der Waals surface area contributed by atoms with Crippen molar-refractivity contribution in [3.63, 3.8) is 0 Å². The summed E-state index contributed by atoms with van der Waals surface area (Å²) in [6, 6.07) is 1.37. The number of carbonyl (C=O) groups excluding carboxylic acids is 1. The van der Waals surface area contributed by atoms with Crippen LogP contribution in [0.3, 0.4) is 0 Å². The molecule has 21 heavy (non-hydrogen) atoms. The Kier molecular flexibility index (Phi) is 5.32. The molecule has 0 aromatic carbocycles. The van der Waals surface area contributed by atoms with Crippen LogP contribution in [0.2, 0.25) is 0 Å².